The quantitative estimate of drug-likeness (QED) is 0.288. The summed E-state index contributed by atoms with van der Waals surface area (Å²) in [5.74, 6) is 0. The highest BCUT2D eigenvalue weighted by atomic mass is 16.3. The molecule has 0 bridgehead atoms. The average Bonchev–Trinajstić information content (AvgIpc) is 3.50. The Balaban J connectivity index is 1.60. The predicted molar refractivity (Wildman–Crippen MR) is 129 cm³/mol. The van der Waals surface area contributed by atoms with Crippen molar-refractivity contribution in [1.29, 1.82) is 0 Å². The standard InChI is InChI=1S/C28H15N3O/c1-2-4-16(5-3-1)17-6-7-19-22-13-21-18-8-10-29-14-23(18)31-24-15-30-11-9-20(24)26(27(21)31)28(22)32-25(19)12-17/h1-15H. The second kappa shape index (κ2) is 5.62. The molecular formula is C28H15N3O. The average molecular weight is 409 g/mol. The van der Waals surface area contributed by atoms with Crippen molar-refractivity contribution in [2.24, 2.45) is 0 Å². The van der Waals surface area contributed by atoms with Crippen LogP contribution < -0.4 is 0 Å². The molecule has 4 heteroatoms. The molecule has 148 valence electrons. The summed E-state index contributed by atoms with van der Waals surface area (Å²) in [7, 11) is 0. The zero-order chi connectivity index (χ0) is 20.8. The van der Waals surface area contributed by atoms with Crippen LogP contribution in [0.5, 0.6) is 0 Å². The Hall–Kier alpha value is -4.44. The largest absolute Gasteiger partial charge is 0.455 e. The van der Waals surface area contributed by atoms with E-state index >= 15 is 0 Å². The minimum absolute atomic E-state index is 0.908. The van der Waals surface area contributed by atoms with E-state index < -0.39 is 0 Å². The second-order valence-corrected chi connectivity index (χ2v) is 8.32. The fraction of sp³-hybridized carbons (Fsp3) is 0. The molecule has 0 atom stereocenters. The molecule has 4 nitrogen and oxygen atoms in total. The van der Waals surface area contributed by atoms with Crippen LogP contribution in [0.1, 0.15) is 0 Å². The minimum atomic E-state index is 0.908. The maximum atomic E-state index is 6.58. The van der Waals surface area contributed by atoms with E-state index in [-0.39, 0.29) is 0 Å². The summed E-state index contributed by atoms with van der Waals surface area (Å²) in [4.78, 5) is 8.80. The van der Waals surface area contributed by atoms with Crippen LogP contribution in [0.3, 0.4) is 0 Å². The van der Waals surface area contributed by atoms with Crippen LogP contribution in [0.2, 0.25) is 0 Å². The molecule has 0 radical (unpaired) electrons. The summed E-state index contributed by atoms with van der Waals surface area (Å²) in [5.41, 5.74) is 7.53. The number of furan rings is 1. The van der Waals surface area contributed by atoms with E-state index in [1.165, 1.54) is 21.9 Å². The highest BCUT2D eigenvalue weighted by Crippen LogP contribution is 2.45. The van der Waals surface area contributed by atoms with E-state index in [9.17, 15) is 0 Å². The summed E-state index contributed by atoms with van der Waals surface area (Å²) in [6.07, 6.45) is 7.59. The van der Waals surface area contributed by atoms with Crippen LogP contribution in [-0.4, -0.2) is 14.4 Å². The summed E-state index contributed by atoms with van der Waals surface area (Å²) in [5, 5.41) is 6.99. The zero-order valence-electron chi connectivity index (χ0n) is 16.9. The van der Waals surface area contributed by atoms with Crippen molar-refractivity contribution in [3.05, 3.63) is 91.5 Å². The fourth-order valence-corrected chi connectivity index (χ4v) is 5.34. The highest BCUT2D eigenvalue weighted by Gasteiger charge is 2.23. The first-order valence-electron chi connectivity index (χ1n) is 10.7. The van der Waals surface area contributed by atoms with Crippen molar-refractivity contribution < 1.29 is 4.42 Å². The maximum absolute atomic E-state index is 6.58. The van der Waals surface area contributed by atoms with Gasteiger partial charge < -0.3 is 8.82 Å². The van der Waals surface area contributed by atoms with Crippen LogP contribution in [0.25, 0.3) is 71.2 Å². The third-order valence-corrected chi connectivity index (χ3v) is 6.71. The Morgan fingerprint density at radius 1 is 0.625 bits per heavy atom. The number of benzene rings is 3. The van der Waals surface area contributed by atoms with Crippen molar-refractivity contribution in [1.82, 2.24) is 14.4 Å². The number of fused-ring (bicyclic) bond motifs is 10. The first kappa shape index (κ1) is 16.3. The molecule has 3 aromatic carbocycles. The lowest BCUT2D eigenvalue weighted by Gasteiger charge is -2.00. The van der Waals surface area contributed by atoms with Crippen molar-refractivity contribution in [2.45, 2.75) is 0 Å². The number of hydrogen-bond acceptors (Lipinski definition) is 3. The summed E-state index contributed by atoms with van der Waals surface area (Å²) >= 11 is 0. The van der Waals surface area contributed by atoms with Crippen molar-refractivity contribution in [3.8, 4) is 11.1 Å². The molecule has 0 spiro atoms. The Morgan fingerprint density at radius 2 is 1.41 bits per heavy atom. The SMILES string of the molecule is c1ccc(-c2ccc3c(c2)oc2c3cc3c4ccncc4n4c5cnccc5c2c34)cc1. The van der Waals surface area contributed by atoms with Gasteiger partial charge in [0, 0.05) is 39.3 Å². The van der Waals surface area contributed by atoms with E-state index in [1.807, 2.05) is 30.9 Å². The third kappa shape index (κ3) is 1.88. The molecule has 0 unspecified atom stereocenters. The number of nitrogens with zero attached hydrogens (tertiary/aromatic N) is 3. The molecule has 32 heavy (non-hydrogen) atoms. The van der Waals surface area contributed by atoms with Gasteiger partial charge in [-0.2, -0.15) is 0 Å². The van der Waals surface area contributed by atoms with E-state index in [1.54, 1.807) is 0 Å². The van der Waals surface area contributed by atoms with Gasteiger partial charge in [0.25, 0.3) is 0 Å². The first-order valence-corrected chi connectivity index (χ1v) is 10.7. The van der Waals surface area contributed by atoms with Crippen molar-refractivity contribution >= 4 is 60.0 Å². The highest BCUT2D eigenvalue weighted by molar-refractivity contribution is 6.32. The molecule has 0 aliphatic carbocycles. The lowest BCUT2D eigenvalue weighted by atomic mass is 10.0. The Morgan fingerprint density at radius 3 is 2.25 bits per heavy atom. The molecule has 0 aliphatic rings. The summed E-state index contributed by atoms with van der Waals surface area (Å²) < 4.78 is 8.86. The van der Waals surface area contributed by atoms with Crippen molar-refractivity contribution in [3.63, 3.8) is 0 Å². The normalized spacial score (nSPS) is 12.4. The third-order valence-electron chi connectivity index (χ3n) is 6.71. The maximum Gasteiger partial charge on any atom is 0.145 e. The minimum Gasteiger partial charge on any atom is -0.455 e. The van der Waals surface area contributed by atoms with Crippen LogP contribution in [0.4, 0.5) is 0 Å². The number of hydrogen-bond donors (Lipinski definition) is 0. The molecule has 0 amide bonds. The van der Waals surface area contributed by atoms with Gasteiger partial charge in [-0.05, 0) is 41.5 Å². The van der Waals surface area contributed by atoms with Crippen LogP contribution in [0.15, 0.2) is 95.9 Å². The van der Waals surface area contributed by atoms with E-state index in [4.69, 9.17) is 4.42 Å². The van der Waals surface area contributed by atoms with E-state index in [0.717, 1.165) is 49.3 Å². The molecule has 5 heterocycles. The van der Waals surface area contributed by atoms with E-state index in [2.05, 4.69) is 75.0 Å². The second-order valence-electron chi connectivity index (χ2n) is 8.32. The molecule has 8 aromatic rings. The molecule has 0 saturated carbocycles. The van der Waals surface area contributed by atoms with Gasteiger partial charge in [-0.3, -0.25) is 9.97 Å². The monoisotopic (exact) mass is 409 g/mol. The van der Waals surface area contributed by atoms with Crippen LogP contribution >= 0.6 is 0 Å². The summed E-state index contributed by atoms with van der Waals surface area (Å²) in [6, 6.07) is 23.4. The fourth-order valence-electron chi connectivity index (χ4n) is 5.34. The summed E-state index contributed by atoms with van der Waals surface area (Å²) in [6.45, 7) is 0. The Kier molecular flexibility index (Phi) is 2.86. The molecular weight excluding hydrogens is 394 g/mol. The lowest BCUT2D eigenvalue weighted by Crippen LogP contribution is -1.81. The van der Waals surface area contributed by atoms with Gasteiger partial charge in [0.15, 0.2) is 0 Å². The predicted octanol–water partition coefficient (Wildman–Crippen LogP) is 7.19. The number of rotatable bonds is 1. The molecule has 0 saturated heterocycles. The number of pyridine rings is 2. The van der Waals surface area contributed by atoms with Gasteiger partial charge in [0.2, 0.25) is 0 Å². The van der Waals surface area contributed by atoms with Crippen LogP contribution in [-0.2, 0) is 0 Å². The van der Waals surface area contributed by atoms with Gasteiger partial charge in [0.1, 0.15) is 11.2 Å². The molecule has 0 aliphatic heterocycles. The molecule has 5 aromatic heterocycles. The Labute approximate surface area is 181 Å². The van der Waals surface area contributed by atoms with Gasteiger partial charge >= 0.3 is 0 Å². The zero-order valence-corrected chi connectivity index (χ0v) is 16.9. The van der Waals surface area contributed by atoms with E-state index in [0.29, 0.717) is 0 Å². The molecule has 0 fully saturated rings. The first-order chi connectivity index (χ1) is 15.9. The lowest BCUT2D eigenvalue weighted by molar-refractivity contribution is 0.673. The van der Waals surface area contributed by atoms with Crippen LogP contribution in [0, 0.1) is 0 Å². The van der Waals surface area contributed by atoms with Gasteiger partial charge in [-0.25, -0.2) is 0 Å². The van der Waals surface area contributed by atoms with Crippen molar-refractivity contribution in [2.75, 3.05) is 0 Å². The smallest absolute Gasteiger partial charge is 0.145 e. The number of aromatic nitrogens is 3. The Bertz CT molecular complexity index is 1980. The van der Waals surface area contributed by atoms with Gasteiger partial charge in [-0.15, -0.1) is 0 Å². The molecule has 0 N–H and O–H groups in total. The molecule has 8 rings (SSSR count). The topological polar surface area (TPSA) is 43.3 Å². The van der Waals surface area contributed by atoms with Gasteiger partial charge in [-0.1, -0.05) is 36.4 Å². The van der Waals surface area contributed by atoms with Gasteiger partial charge in [0.05, 0.1) is 34.3 Å².